The molecule has 2 N–H and O–H groups in total. The average molecular weight is 387 g/mol. The van der Waals surface area contributed by atoms with Gasteiger partial charge < -0.3 is 15.0 Å². The molecule has 1 saturated heterocycles. The maximum atomic E-state index is 10.2. The summed E-state index contributed by atoms with van der Waals surface area (Å²) in [5.74, 6) is 1.94. The van der Waals surface area contributed by atoms with Gasteiger partial charge in [0.25, 0.3) is 0 Å². The van der Waals surface area contributed by atoms with Gasteiger partial charge in [0.1, 0.15) is 5.75 Å². The summed E-state index contributed by atoms with van der Waals surface area (Å²) in [5.41, 5.74) is 7.01. The molecule has 1 aliphatic heterocycles. The molecule has 3 nitrogen and oxygen atoms in total. The molecular formula is C26H30N2O. The van der Waals surface area contributed by atoms with Crippen LogP contribution in [0.15, 0.2) is 42.5 Å². The largest absolute Gasteiger partial charge is 0.508 e. The number of phenolic OH excluding ortho intramolecular Hbond substituents is 1. The van der Waals surface area contributed by atoms with Gasteiger partial charge in [-0.3, -0.25) is 0 Å². The molecule has 2 aliphatic carbocycles. The van der Waals surface area contributed by atoms with E-state index in [1.807, 2.05) is 12.1 Å². The highest BCUT2D eigenvalue weighted by Gasteiger charge is 2.48. The van der Waals surface area contributed by atoms with E-state index in [2.05, 4.69) is 41.1 Å². The number of fused-ring (bicyclic) bond motifs is 4. The molecule has 3 heteroatoms. The van der Waals surface area contributed by atoms with Crippen molar-refractivity contribution in [1.82, 2.24) is 9.88 Å². The number of piperidine rings is 1. The van der Waals surface area contributed by atoms with E-state index in [1.54, 1.807) is 6.07 Å². The molecule has 1 aromatic heterocycles. The fourth-order valence-electron chi connectivity index (χ4n) is 6.13. The predicted molar refractivity (Wildman–Crippen MR) is 117 cm³/mol. The van der Waals surface area contributed by atoms with Crippen LogP contribution in [0.3, 0.4) is 0 Å². The lowest BCUT2D eigenvalue weighted by atomic mass is 9.58. The lowest BCUT2D eigenvalue weighted by molar-refractivity contribution is 0.0783. The zero-order valence-corrected chi connectivity index (χ0v) is 17.2. The summed E-state index contributed by atoms with van der Waals surface area (Å²) in [5, 5.41) is 11.6. The molecule has 3 aliphatic rings. The van der Waals surface area contributed by atoms with Crippen LogP contribution in [0.4, 0.5) is 0 Å². The minimum atomic E-state index is 0.127. The van der Waals surface area contributed by atoms with Crippen molar-refractivity contribution < 1.29 is 5.11 Å². The van der Waals surface area contributed by atoms with Gasteiger partial charge in [0, 0.05) is 35.1 Å². The molecule has 0 bridgehead atoms. The van der Waals surface area contributed by atoms with E-state index < -0.39 is 0 Å². The van der Waals surface area contributed by atoms with Crippen LogP contribution >= 0.6 is 0 Å². The van der Waals surface area contributed by atoms with Crippen LogP contribution < -0.4 is 0 Å². The zero-order valence-electron chi connectivity index (χ0n) is 17.2. The van der Waals surface area contributed by atoms with Crippen molar-refractivity contribution in [2.75, 3.05) is 19.6 Å². The summed E-state index contributed by atoms with van der Waals surface area (Å²) < 4.78 is 0. The fourth-order valence-corrected chi connectivity index (χ4v) is 6.13. The standard InChI is InChI=1S/C26H30N2O/c1-17-5-8-22-23-13-20-16-28(15-18-6-7-18)10-9-26(20,14-25(23)27-24(22)11-17)19-3-2-4-21(29)12-19/h2-5,8,11-12,18,20,27,29H,6-7,9-10,13-16H2,1H3. The number of H-pyrrole nitrogens is 1. The summed E-state index contributed by atoms with van der Waals surface area (Å²) in [7, 11) is 0. The summed E-state index contributed by atoms with van der Waals surface area (Å²) in [6, 6.07) is 15.0. The zero-order chi connectivity index (χ0) is 19.6. The van der Waals surface area contributed by atoms with Crippen LogP contribution in [0.1, 0.15) is 41.6 Å². The lowest BCUT2D eigenvalue weighted by Crippen LogP contribution is -2.54. The van der Waals surface area contributed by atoms with Crippen molar-refractivity contribution in [2.24, 2.45) is 11.8 Å². The van der Waals surface area contributed by atoms with Crippen LogP contribution in [0.25, 0.3) is 10.9 Å². The Bertz CT molecular complexity index is 1080. The first kappa shape index (κ1) is 17.6. The van der Waals surface area contributed by atoms with Crippen LogP contribution in [0, 0.1) is 18.8 Å². The van der Waals surface area contributed by atoms with E-state index in [4.69, 9.17) is 0 Å². The molecule has 150 valence electrons. The highest BCUT2D eigenvalue weighted by Crippen LogP contribution is 2.50. The summed E-state index contributed by atoms with van der Waals surface area (Å²) in [4.78, 5) is 6.51. The number of phenols is 1. The van der Waals surface area contributed by atoms with E-state index >= 15 is 0 Å². The number of benzene rings is 2. The molecule has 2 aromatic carbocycles. The van der Waals surface area contributed by atoms with Crippen molar-refractivity contribution in [1.29, 1.82) is 0 Å². The molecule has 2 fully saturated rings. The highest BCUT2D eigenvalue weighted by molar-refractivity contribution is 5.85. The third-order valence-corrected chi connectivity index (χ3v) is 7.86. The first-order valence-corrected chi connectivity index (χ1v) is 11.2. The third-order valence-electron chi connectivity index (χ3n) is 7.86. The number of aromatic amines is 1. The Hall–Kier alpha value is -2.26. The molecule has 3 aromatic rings. The number of hydrogen-bond donors (Lipinski definition) is 2. The molecule has 0 radical (unpaired) electrons. The minimum absolute atomic E-state index is 0.127. The molecule has 1 saturated carbocycles. The van der Waals surface area contributed by atoms with Gasteiger partial charge in [-0.15, -0.1) is 0 Å². The Kier molecular flexibility index (Phi) is 3.86. The van der Waals surface area contributed by atoms with Crippen molar-refractivity contribution in [3.63, 3.8) is 0 Å². The monoisotopic (exact) mass is 386 g/mol. The first-order chi connectivity index (χ1) is 14.1. The van der Waals surface area contributed by atoms with Crippen LogP contribution in [-0.4, -0.2) is 34.6 Å². The number of rotatable bonds is 3. The summed E-state index contributed by atoms with van der Waals surface area (Å²) >= 11 is 0. The Labute approximate surface area is 172 Å². The second-order valence-corrected chi connectivity index (χ2v) is 9.87. The Balaban J connectivity index is 1.44. The van der Waals surface area contributed by atoms with Gasteiger partial charge >= 0.3 is 0 Å². The summed E-state index contributed by atoms with van der Waals surface area (Å²) in [6.07, 6.45) is 6.22. The van der Waals surface area contributed by atoms with E-state index in [0.29, 0.717) is 11.7 Å². The number of aromatic hydroxyl groups is 1. The molecule has 2 unspecified atom stereocenters. The van der Waals surface area contributed by atoms with Crippen LogP contribution in [0.2, 0.25) is 0 Å². The number of aromatic nitrogens is 1. The van der Waals surface area contributed by atoms with E-state index in [-0.39, 0.29) is 5.41 Å². The second kappa shape index (κ2) is 6.37. The van der Waals surface area contributed by atoms with Gasteiger partial charge in [0.15, 0.2) is 0 Å². The fraction of sp³-hybridized carbons (Fsp3) is 0.462. The van der Waals surface area contributed by atoms with Crippen LogP contribution in [0.5, 0.6) is 5.75 Å². The number of hydrogen-bond acceptors (Lipinski definition) is 2. The smallest absolute Gasteiger partial charge is 0.115 e. The number of likely N-dealkylation sites (tertiary alicyclic amines) is 1. The number of nitrogens with one attached hydrogen (secondary N) is 1. The van der Waals surface area contributed by atoms with Gasteiger partial charge in [0.2, 0.25) is 0 Å². The lowest BCUT2D eigenvalue weighted by Gasteiger charge is -2.51. The molecule has 0 spiro atoms. The maximum Gasteiger partial charge on any atom is 0.115 e. The van der Waals surface area contributed by atoms with Crippen molar-refractivity contribution >= 4 is 10.9 Å². The van der Waals surface area contributed by atoms with Crippen molar-refractivity contribution in [2.45, 2.75) is 44.4 Å². The van der Waals surface area contributed by atoms with Gasteiger partial charge in [-0.1, -0.05) is 24.3 Å². The van der Waals surface area contributed by atoms with E-state index in [0.717, 1.165) is 18.8 Å². The van der Waals surface area contributed by atoms with Gasteiger partial charge in [-0.2, -0.15) is 0 Å². The highest BCUT2D eigenvalue weighted by atomic mass is 16.3. The molecule has 0 amide bonds. The van der Waals surface area contributed by atoms with Gasteiger partial charge in [-0.05, 0) is 92.3 Å². The number of nitrogens with zero attached hydrogens (tertiary/aromatic N) is 1. The average Bonchev–Trinajstić information content (AvgIpc) is 3.45. The van der Waals surface area contributed by atoms with E-state index in [1.165, 1.54) is 72.2 Å². The number of aryl methyl sites for hydroxylation is 1. The summed E-state index contributed by atoms with van der Waals surface area (Å²) in [6.45, 7) is 5.82. The topological polar surface area (TPSA) is 39.3 Å². The molecule has 2 heterocycles. The molecule has 2 atom stereocenters. The predicted octanol–water partition coefficient (Wildman–Crippen LogP) is 4.95. The first-order valence-electron chi connectivity index (χ1n) is 11.2. The Morgan fingerprint density at radius 1 is 1.17 bits per heavy atom. The van der Waals surface area contributed by atoms with Crippen LogP contribution in [-0.2, 0) is 18.3 Å². The third kappa shape index (κ3) is 2.90. The Morgan fingerprint density at radius 2 is 2.07 bits per heavy atom. The van der Waals surface area contributed by atoms with Gasteiger partial charge in [-0.25, -0.2) is 0 Å². The normalized spacial score (nSPS) is 27.0. The van der Waals surface area contributed by atoms with Gasteiger partial charge in [0.05, 0.1) is 0 Å². The Morgan fingerprint density at radius 3 is 2.90 bits per heavy atom. The molecular weight excluding hydrogens is 356 g/mol. The SMILES string of the molecule is Cc1ccc2c3c([nH]c2c1)CC1(c2cccc(O)c2)CCN(CC2CC2)CC1C3. The second-order valence-electron chi connectivity index (χ2n) is 9.87. The molecule has 6 rings (SSSR count). The molecule has 29 heavy (non-hydrogen) atoms. The van der Waals surface area contributed by atoms with E-state index in [9.17, 15) is 5.11 Å². The van der Waals surface area contributed by atoms with Crippen molar-refractivity contribution in [3.05, 3.63) is 64.8 Å². The maximum absolute atomic E-state index is 10.2. The quantitative estimate of drug-likeness (QED) is 0.668. The minimum Gasteiger partial charge on any atom is -0.508 e. The van der Waals surface area contributed by atoms with Crippen molar-refractivity contribution in [3.8, 4) is 5.75 Å².